The summed E-state index contributed by atoms with van der Waals surface area (Å²) in [5.74, 6) is 0.734. The molecule has 5 nitrogen and oxygen atoms in total. The second-order valence-electron chi connectivity index (χ2n) is 6.31. The predicted octanol–water partition coefficient (Wildman–Crippen LogP) is 1.57. The van der Waals surface area contributed by atoms with Crippen LogP contribution in [0.2, 0.25) is 0 Å². The maximum absolute atomic E-state index is 11.7. The van der Waals surface area contributed by atoms with Gasteiger partial charge >= 0.3 is 6.09 Å². The van der Waals surface area contributed by atoms with Gasteiger partial charge in [-0.15, -0.1) is 0 Å². The van der Waals surface area contributed by atoms with Crippen molar-refractivity contribution in [3.05, 3.63) is 0 Å². The van der Waals surface area contributed by atoms with Crippen LogP contribution in [0.4, 0.5) is 4.79 Å². The van der Waals surface area contributed by atoms with Crippen molar-refractivity contribution in [2.24, 2.45) is 5.92 Å². The SMILES string of the molecule is CC(C)(C)OC(=O)N[C@@H]1CC(=O)N[C@@H]1CC1CC1. The van der Waals surface area contributed by atoms with E-state index in [1.54, 1.807) is 0 Å². The van der Waals surface area contributed by atoms with E-state index in [0.717, 1.165) is 12.3 Å². The van der Waals surface area contributed by atoms with Gasteiger partial charge in [-0.1, -0.05) is 12.8 Å². The van der Waals surface area contributed by atoms with E-state index in [1.165, 1.54) is 12.8 Å². The van der Waals surface area contributed by atoms with Crippen LogP contribution in [0.1, 0.15) is 46.5 Å². The number of rotatable bonds is 3. The molecule has 1 saturated heterocycles. The van der Waals surface area contributed by atoms with Crippen molar-refractivity contribution in [2.45, 2.75) is 64.1 Å². The van der Waals surface area contributed by atoms with Crippen molar-refractivity contribution in [1.29, 1.82) is 0 Å². The molecule has 2 N–H and O–H groups in total. The van der Waals surface area contributed by atoms with Crippen LogP contribution in [0, 0.1) is 5.92 Å². The molecule has 1 aliphatic heterocycles. The largest absolute Gasteiger partial charge is 0.444 e. The van der Waals surface area contributed by atoms with E-state index in [9.17, 15) is 9.59 Å². The first-order valence-electron chi connectivity index (χ1n) is 6.62. The Kier molecular flexibility index (Phi) is 3.50. The average molecular weight is 254 g/mol. The molecule has 1 heterocycles. The molecule has 1 aliphatic carbocycles. The monoisotopic (exact) mass is 254 g/mol. The lowest BCUT2D eigenvalue weighted by Crippen LogP contribution is -2.45. The summed E-state index contributed by atoms with van der Waals surface area (Å²) in [4.78, 5) is 23.1. The summed E-state index contributed by atoms with van der Waals surface area (Å²) in [6.07, 6.45) is 3.37. The number of carbonyl (C=O) groups is 2. The van der Waals surface area contributed by atoms with Gasteiger partial charge in [0.05, 0.1) is 6.04 Å². The second-order valence-corrected chi connectivity index (χ2v) is 6.31. The van der Waals surface area contributed by atoms with E-state index in [1.807, 2.05) is 20.8 Å². The molecule has 102 valence electrons. The van der Waals surface area contributed by atoms with Gasteiger partial charge in [-0.2, -0.15) is 0 Å². The Morgan fingerprint density at radius 3 is 2.67 bits per heavy atom. The molecule has 2 amide bonds. The minimum atomic E-state index is -0.508. The van der Waals surface area contributed by atoms with E-state index < -0.39 is 11.7 Å². The van der Waals surface area contributed by atoms with E-state index in [0.29, 0.717) is 6.42 Å². The third kappa shape index (κ3) is 3.89. The van der Waals surface area contributed by atoms with Crippen LogP contribution in [0.15, 0.2) is 0 Å². The molecule has 0 aromatic rings. The van der Waals surface area contributed by atoms with Crippen molar-refractivity contribution in [1.82, 2.24) is 10.6 Å². The highest BCUT2D eigenvalue weighted by atomic mass is 16.6. The van der Waals surface area contributed by atoms with Crippen LogP contribution in [0.5, 0.6) is 0 Å². The molecular formula is C13H22N2O3. The molecule has 0 bridgehead atoms. The number of hydrogen-bond donors (Lipinski definition) is 2. The lowest BCUT2D eigenvalue weighted by molar-refractivity contribution is -0.119. The maximum atomic E-state index is 11.7. The van der Waals surface area contributed by atoms with Crippen molar-refractivity contribution in [3.63, 3.8) is 0 Å². The molecule has 0 aromatic carbocycles. The zero-order valence-electron chi connectivity index (χ0n) is 11.3. The molecule has 0 spiro atoms. The minimum Gasteiger partial charge on any atom is -0.444 e. The number of hydrogen-bond acceptors (Lipinski definition) is 3. The fourth-order valence-electron chi connectivity index (χ4n) is 2.25. The van der Waals surface area contributed by atoms with Gasteiger partial charge in [0.1, 0.15) is 5.60 Å². The summed E-state index contributed by atoms with van der Waals surface area (Å²) in [6.45, 7) is 5.48. The van der Waals surface area contributed by atoms with Crippen LogP contribution < -0.4 is 10.6 Å². The van der Waals surface area contributed by atoms with E-state index in [2.05, 4.69) is 10.6 Å². The normalized spacial score (nSPS) is 27.8. The highest BCUT2D eigenvalue weighted by Crippen LogP contribution is 2.35. The summed E-state index contributed by atoms with van der Waals surface area (Å²) in [5, 5.41) is 5.74. The first kappa shape index (κ1) is 13.2. The maximum Gasteiger partial charge on any atom is 0.407 e. The Labute approximate surface area is 108 Å². The Morgan fingerprint density at radius 2 is 2.11 bits per heavy atom. The molecule has 0 unspecified atom stereocenters. The third-order valence-corrected chi connectivity index (χ3v) is 3.22. The van der Waals surface area contributed by atoms with Gasteiger partial charge in [-0.25, -0.2) is 4.79 Å². The van der Waals surface area contributed by atoms with Gasteiger partial charge < -0.3 is 15.4 Å². The Bertz CT molecular complexity index is 345. The second kappa shape index (κ2) is 4.78. The number of ether oxygens (including phenoxy) is 1. The van der Waals surface area contributed by atoms with Crippen molar-refractivity contribution in [3.8, 4) is 0 Å². The predicted molar refractivity (Wildman–Crippen MR) is 67.0 cm³/mol. The number of carbonyl (C=O) groups excluding carboxylic acids is 2. The summed E-state index contributed by atoms with van der Waals surface area (Å²) in [7, 11) is 0. The van der Waals surface area contributed by atoms with Crippen LogP contribution in [0.3, 0.4) is 0 Å². The molecule has 2 rings (SSSR count). The molecule has 0 radical (unpaired) electrons. The first-order chi connectivity index (χ1) is 8.33. The van der Waals surface area contributed by atoms with Gasteiger partial charge in [0, 0.05) is 12.5 Å². The summed E-state index contributed by atoms with van der Waals surface area (Å²) >= 11 is 0. The lowest BCUT2D eigenvalue weighted by atomic mass is 10.0. The van der Waals surface area contributed by atoms with E-state index >= 15 is 0 Å². The van der Waals surface area contributed by atoms with Crippen LogP contribution in [0.25, 0.3) is 0 Å². The standard InChI is InChI=1S/C13H22N2O3/c1-13(2,3)18-12(17)15-10-7-11(16)14-9(10)6-8-4-5-8/h8-10H,4-7H2,1-3H3,(H,14,16)(H,15,17)/t9-,10-/m1/s1. The number of alkyl carbamates (subject to hydrolysis) is 1. The van der Waals surface area contributed by atoms with Gasteiger partial charge in [0.2, 0.25) is 5.91 Å². The zero-order chi connectivity index (χ0) is 13.3. The molecule has 1 saturated carbocycles. The minimum absolute atomic E-state index is 0.0155. The van der Waals surface area contributed by atoms with Gasteiger partial charge in [-0.3, -0.25) is 4.79 Å². The smallest absolute Gasteiger partial charge is 0.407 e. The molecule has 2 aliphatic rings. The molecule has 2 atom stereocenters. The van der Waals surface area contributed by atoms with E-state index in [4.69, 9.17) is 4.74 Å². The summed E-state index contributed by atoms with van der Waals surface area (Å²) in [5.41, 5.74) is -0.508. The van der Waals surface area contributed by atoms with Gasteiger partial charge in [0.15, 0.2) is 0 Å². The summed E-state index contributed by atoms with van der Waals surface area (Å²) < 4.78 is 5.21. The lowest BCUT2D eigenvalue weighted by Gasteiger charge is -2.24. The molecule has 2 fully saturated rings. The van der Waals surface area contributed by atoms with Crippen molar-refractivity contribution >= 4 is 12.0 Å². The molecule has 0 aromatic heterocycles. The molecular weight excluding hydrogens is 232 g/mol. The highest BCUT2D eigenvalue weighted by molar-refractivity contribution is 5.81. The van der Waals surface area contributed by atoms with Crippen molar-refractivity contribution in [2.75, 3.05) is 0 Å². The van der Waals surface area contributed by atoms with Crippen LogP contribution >= 0.6 is 0 Å². The quantitative estimate of drug-likeness (QED) is 0.803. The summed E-state index contributed by atoms with van der Waals surface area (Å²) in [6, 6.07) is -0.0644. The van der Waals surface area contributed by atoms with Crippen molar-refractivity contribution < 1.29 is 14.3 Å². The fourth-order valence-corrected chi connectivity index (χ4v) is 2.25. The van der Waals surface area contributed by atoms with E-state index in [-0.39, 0.29) is 18.0 Å². The third-order valence-electron chi connectivity index (χ3n) is 3.22. The Hall–Kier alpha value is -1.26. The Balaban J connectivity index is 1.85. The number of nitrogens with one attached hydrogen (secondary N) is 2. The van der Waals surface area contributed by atoms with Gasteiger partial charge in [-0.05, 0) is 33.1 Å². The van der Waals surface area contributed by atoms with Gasteiger partial charge in [0.25, 0.3) is 0 Å². The highest BCUT2D eigenvalue weighted by Gasteiger charge is 2.37. The fraction of sp³-hybridized carbons (Fsp3) is 0.846. The zero-order valence-corrected chi connectivity index (χ0v) is 11.3. The topological polar surface area (TPSA) is 67.4 Å². The molecule has 18 heavy (non-hydrogen) atoms. The number of amides is 2. The average Bonchev–Trinajstić information content (AvgIpc) is 2.90. The molecule has 5 heteroatoms. The van der Waals surface area contributed by atoms with Crippen LogP contribution in [-0.2, 0) is 9.53 Å². The first-order valence-corrected chi connectivity index (χ1v) is 6.62. The van der Waals surface area contributed by atoms with Crippen LogP contribution in [-0.4, -0.2) is 29.7 Å². The Morgan fingerprint density at radius 1 is 1.44 bits per heavy atom.